The summed E-state index contributed by atoms with van der Waals surface area (Å²) in [7, 11) is 0. The highest BCUT2D eigenvalue weighted by molar-refractivity contribution is 6.30. The van der Waals surface area contributed by atoms with Gasteiger partial charge in [-0.3, -0.25) is 9.36 Å². The van der Waals surface area contributed by atoms with E-state index in [0.717, 1.165) is 5.52 Å². The number of aryl methyl sites for hydroxylation is 1. The van der Waals surface area contributed by atoms with E-state index in [9.17, 15) is 4.79 Å². The van der Waals surface area contributed by atoms with E-state index in [1.807, 2.05) is 6.07 Å². The highest BCUT2D eigenvalue weighted by Gasteiger charge is 2.12. The molecule has 1 aromatic carbocycles. The first kappa shape index (κ1) is 17.4. The van der Waals surface area contributed by atoms with Crippen LogP contribution in [0.4, 0.5) is 0 Å². The molecule has 0 atom stereocenters. The van der Waals surface area contributed by atoms with Crippen molar-refractivity contribution in [2.45, 2.75) is 13.5 Å². The van der Waals surface area contributed by atoms with Gasteiger partial charge in [0, 0.05) is 11.1 Å². The zero-order valence-electron chi connectivity index (χ0n) is 15.2. The second-order valence-corrected chi connectivity index (χ2v) is 6.88. The van der Waals surface area contributed by atoms with Crippen molar-refractivity contribution in [2.24, 2.45) is 0 Å². The fourth-order valence-electron chi connectivity index (χ4n) is 3.03. The van der Waals surface area contributed by atoms with Gasteiger partial charge in [-0.25, -0.2) is 14.5 Å². The van der Waals surface area contributed by atoms with Crippen molar-refractivity contribution in [2.75, 3.05) is 0 Å². The Morgan fingerprint density at radius 2 is 1.93 bits per heavy atom. The summed E-state index contributed by atoms with van der Waals surface area (Å²) in [4.78, 5) is 28.9. The maximum absolute atomic E-state index is 12.7. The van der Waals surface area contributed by atoms with Crippen molar-refractivity contribution in [1.29, 1.82) is 0 Å². The number of fused-ring (bicyclic) bond motifs is 2. The third kappa shape index (κ3) is 3.21. The van der Waals surface area contributed by atoms with Crippen LogP contribution in [0.25, 0.3) is 16.7 Å². The van der Waals surface area contributed by atoms with E-state index in [0.29, 0.717) is 39.3 Å². The molecule has 5 aromatic rings. The van der Waals surface area contributed by atoms with E-state index in [1.165, 1.54) is 21.7 Å². The number of nitrogens with one attached hydrogen (secondary N) is 1. The van der Waals surface area contributed by atoms with E-state index in [-0.39, 0.29) is 12.1 Å². The summed E-state index contributed by atoms with van der Waals surface area (Å²) in [5, 5.41) is 4.84. The van der Waals surface area contributed by atoms with Gasteiger partial charge in [-0.2, -0.15) is 10.1 Å². The first-order chi connectivity index (χ1) is 14.1. The molecule has 0 saturated heterocycles. The van der Waals surface area contributed by atoms with Gasteiger partial charge in [0.15, 0.2) is 11.2 Å². The molecule has 0 aliphatic rings. The Balaban J connectivity index is 1.44. The molecule has 0 radical (unpaired) electrons. The number of aromatic amines is 1. The number of ether oxygens (including phenoxy) is 1. The molecule has 1 N–H and O–H groups in total. The van der Waals surface area contributed by atoms with Crippen LogP contribution in [0.3, 0.4) is 0 Å². The molecule has 0 unspecified atom stereocenters. The normalized spacial score (nSPS) is 11.4. The Kier molecular flexibility index (Phi) is 4.02. The topological polar surface area (TPSA) is 103 Å². The van der Waals surface area contributed by atoms with Crippen LogP contribution in [0.1, 0.15) is 11.5 Å². The highest BCUT2D eigenvalue weighted by Crippen LogP contribution is 2.23. The summed E-state index contributed by atoms with van der Waals surface area (Å²) in [6.45, 7) is 2.01. The molecule has 144 valence electrons. The summed E-state index contributed by atoms with van der Waals surface area (Å²) < 4.78 is 8.69. The second kappa shape index (κ2) is 6.71. The Morgan fingerprint density at radius 3 is 2.76 bits per heavy atom. The highest BCUT2D eigenvalue weighted by atomic mass is 35.5. The fourth-order valence-corrected chi connectivity index (χ4v) is 3.15. The predicted molar refractivity (Wildman–Crippen MR) is 107 cm³/mol. The first-order valence-corrected chi connectivity index (χ1v) is 9.13. The molecular weight excluding hydrogens is 394 g/mol. The molecule has 5 rings (SSSR count). The molecule has 0 aliphatic carbocycles. The quantitative estimate of drug-likeness (QED) is 0.491. The Morgan fingerprint density at radius 1 is 1.10 bits per heavy atom. The molecule has 0 aliphatic heterocycles. The summed E-state index contributed by atoms with van der Waals surface area (Å²) in [5.41, 5.74) is 2.13. The maximum atomic E-state index is 12.7. The van der Waals surface area contributed by atoms with Gasteiger partial charge in [0.2, 0.25) is 5.88 Å². The molecule has 0 amide bonds. The molecular formula is C19H14ClN7O2. The lowest BCUT2D eigenvalue weighted by Crippen LogP contribution is -2.24. The summed E-state index contributed by atoms with van der Waals surface area (Å²) >= 11 is 5.89. The third-order valence-corrected chi connectivity index (χ3v) is 4.69. The summed E-state index contributed by atoms with van der Waals surface area (Å²) in [6, 6.07) is 10.6. The summed E-state index contributed by atoms with van der Waals surface area (Å²) in [6.07, 6.45) is 2.98. The van der Waals surface area contributed by atoms with E-state index < -0.39 is 0 Å². The molecule has 0 spiro atoms. The van der Waals surface area contributed by atoms with Gasteiger partial charge in [-0.15, -0.1) is 0 Å². The smallest absolute Gasteiger partial charge is 0.280 e. The standard InChI is InChI=1S/C19H14ClN7O2/c1-11-17-19(28)26(10-22-27(17)9-21-11)8-15-23-14-6-7-16(25-18(14)24-15)29-13-4-2-12(20)3-5-13/h2-7,9-10H,8H2,1H3,(H,23,24,25). The average Bonchev–Trinajstić information content (AvgIpc) is 3.29. The molecule has 9 nitrogen and oxygen atoms in total. The third-order valence-electron chi connectivity index (χ3n) is 4.44. The zero-order valence-corrected chi connectivity index (χ0v) is 16.0. The lowest BCUT2D eigenvalue weighted by molar-refractivity contribution is 0.465. The number of H-pyrrole nitrogens is 1. The van der Waals surface area contributed by atoms with Crippen LogP contribution < -0.4 is 10.3 Å². The van der Waals surface area contributed by atoms with Crippen molar-refractivity contribution in [3.05, 3.63) is 75.9 Å². The number of hydrogen-bond acceptors (Lipinski definition) is 6. The van der Waals surface area contributed by atoms with Gasteiger partial charge in [-0.1, -0.05) is 11.6 Å². The van der Waals surface area contributed by atoms with Crippen LogP contribution in [0.15, 0.2) is 53.8 Å². The molecule has 4 heterocycles. The van der Waals surface area contributed by atoms with Crippen molar-refractivity contribution < 1.29 is 4.74 Å². The molecule has 4 aromatic heterocycles. The largest absolute Gasteiger partial charge is 0.439 e. The van der Waals surface area contributed by atoms with Crippen LogP contribution in [-0.4, -0.2) is 34.1 Å². The van der Waals surface area contributed by atoms with Crippen LogP contribution in [-0.2, 0) is 6.54 Å². The lowest BCUT2D eigenvalue weighted by Gasteiger charge is -2.03. The lowest BCUT2D eigenvalue weighted by atomic mass is 10.3. The van der Waals surface area contributed by atoms with E-state index >= 15 is 0 Å². The molecule has 0 fully saturated rings. The van der Waals surface area contributed by atoms with Crippen LogP contribution >= 0.6 is 11.6 Å². The second-order valence-electron chi connectivity index (χ2n) is 6.45. The van der Waals surface area contributed by atoms with Crippen molar-refractivity contribution >= 4 is 28.3 Å². The van der Waals surface area contributed by atoms with Gasteiger partial charge < -0.3 is 9.72 Å². The average molecular weight is 408 g/mol. The number of nitrogens with zero attached hydrogens (tertiary/aromatic N) is 6. The van der Waals surface area contributed by atoms with Gasteiger partial charge in [0.25, 0.3) is 5.56 Å². The number of benzene rings is 1. The number of hydrogen-bond donors (Lipinski definition) is 1. The van der Waals surface area contributed by atoms with Gasteiger partial charge >= 0.3 is 0 Å². The van der Waals surface area contributed by atoms with Crippen molar-refractivity contribution in [3.8, 4) is 11.6 Å². The molecule has 0 bridgehead atoms. The zero-order chi connectivity index (χ0) is 20.0. The first-order valence-electron chi connectivity index (χ1n) is 8.75. The van der Waals surface area contributed by atoms with E-state index in [4.69, 9.17) is 16.3 Å². The van der Waals surface area contributed by atoms with Crippen molar-refractivity contribution in [1.82, 2.24) is 34.1 Å². The molecule has 0 saturated carbocycles. The van der Waals surface area contributed by atoms with E-state index in [1.54, 1.807) is 37.3 Å². The Hall–Kier alpha value is -3.72. The maximum Gasteiger partial charge on any atom is 0.280 e. The summed E-state index contributed by atoms with van der Waals surface area (Å²) in [5.74, 6) is 1.62. The van der Waals surface area contributed by atoms with Gasteiger partial charge in [0.1, 0.15) is 24.2 Å². The fraction of sp³-hybridized carbons (Fsp3) is 0.105. The predicted octanol–water partition coefficient (Wildman–Crippen LogP) is 2.96. The van der Waals surface area contributed by atoms with Crippen LogP contribution in [0, 0.1) is 6.92 Å². The Bertz CT molecular complexity index is 1400. The van der Waals surface area contributed by atoms with Crippen LogP contribution in [0.2, 0.25) is 5.02 Å². The Labute approximate surface area is 168 Å². The number of aromatic nitrogens is 7. The van der Waals surface area contributed by atoms with Crippen molar-refractivity contribution in [3.63, 3.8) is 0 Å². The monoisotopic (exact) mass is 407 g/mol. The number of imidazole rings is 2. The minimum Gasteiger partial charge on any atom is -0.439 e. The minimum absolute atomic E-state index is 0.185. The molecule has 10 heteroatoms. The SMILES string of the molecule is Cc1ncn2ncn(Cc3nc4nc(Oc5ccc(Cl)cc5)ccc4[nH]3)c(=O)c12. The number of rotatable bonds is 4. The van der Waals surface area contributed by atoms with Gasteiger partial charge in [-0.05, 0) is 37.3 Å². The molecule has 29 heavy (non-hydrogen) atoms. The minimum atomic E-state index is -0.185. The van der Waals surface area contributed by atoms with Crippen LogP contribution in [0.5, 0.6) is 11.6 Å². The number of halogens is 1. The van der Waals surface area contributed by atoms with Gasteiger partial charge in [0.05, 0.1) is 17.8 Å². The number of pyridine rings is 1. The van der Waals surface area contributed by atoms with E-state index in [2.05, 4.69) is 25.0 Å².